The van der Waals surface area contributed by atoms with Gasteiger partial charge in [0.25, 0.3) is 5.56 Å². The Morgan fingerprint density at radius 3 is 2.38 bits per heavy atom. The van der Waals surface area contributed by atoms with E-state index in [4.69, 9.17) is 0 Å². The number of rotatable bonds is 2. The first kappa shape index (κ1) is 16.3. The highest BCUT2D eigenvalue weighted by atomic mass is 16.1. The lowest BCUT2D eigenvalue weighted by Gasteiger charge is -2.47. The van der Waals surface area contributed by atoms with Gasteiger partial charge in [-0.05, 0) is 55.6 Å². The maximum atomic E-state index is 12.2. The minimum atomic E-state index is 0.189. The lowest BCUT2D eigenvalue weighted by Crippen LogP contribution is -2.51. The van der Waals surface area contributed by atoms with Gasteiger partial charge in [0, 0.05) is 43.4 Å². The largest absolute Gasteiger partial charge is 0.312 e. The van der Waals surface area contributed by atoms with Crippen LogP contribution in [0.2, 0.25) is 0 Å². The standard InChI is InChI=1S/C23H28N2O/c26-23-8-4-7-22-20-13-17(15-25(22)23)14-24(16-20)21-11-9-19(10-12-21)18-5-2-1-3-6-18/h1-8,17,19-21H,9-16H2/t17-,19?,20+,21?/m0/s1. The highest BCUT2D eigenvalue weighted by Crippen LogP contribution is 2.40. The van der Waals surface area contributed by atoms with E-state index in [9.17, 15) is 4.79 Å². The molecule has 0 unspecified atom stereocenters. The van der Waals surface area contributed by atoms with Crippen molar-refractivity contribution in [3.63, 3.8) is 0 Å². The molecule has 0 N–H and O–H groups in total. The number of likely N-dealkylation sites (tertiary alicyclic amines) is 1. The maximum Gasteiger partial charge on any atom is 0.250 e. The summed E-state index contributed by atoms with van der Waals surface area (Å²) in [6, 6.07) is 17.6. The van der Waals surface area contributed by atoms with E-state index in [0.29, 0.717) is 11.8 Å². The van der Waals surface area contributed by atoms with Crippen LogP contribution in [0.3, 0.4) is 0 Å². The Labute approximate surface area is 155 Å². The minimum Gasteiger partial charge on any atom is -0.312 e. The van der Waals surface area contributed by atoms with Crippen LogP contribution < -0.4 is 5.56 Å². The molecule has 1 aromatic heterocycles. The van der Waals surface area contributed by atoms with Crippen molar-refractivity contribution in [2.75, 3.05) is 13.1 Å². The van der Waals surface area contributed by atoms with Crippen LogP contribution in [0.15, 0.2) is 53.3 Å². The van der Waals surface area contributed by atoms with E-state index in [0.717, 1.165) is 25.0 Å². The van der Waals surface area contributed by atoms with Crippen molar-refractivity contribution in [2.24, 2.45) is 5.92 Å². The fourth-order valence-electron chi connectivity index (χ4n) is 5.73. The topological polar surface area (TPSA) is 25.2 Å². The van der Waals surface area contributed by atoms with Gasteiger partial charge in [-0.15, -0.1) is 0 Å². The molecule has 1 saturated carbocycles. The number of hydrogen-bond acceptors (Lipinski definition) is 2. The van der Waals surface area contributed by atoms with Crippen molar-refractivity contribution in [3.05, 3.63) is 70.1 Å². The Balaban J connectivity index is 1.28. The van der Waals surface area contributed by atoms with Crippen LogP contribution in [-0.4, -0.2) is 28.6 Å². The molecule has 2 bridgehead atoms. The summed E-state index contributed by atoms with van der Waals surface area (Å²) in [4.78, 5) is 15.0. The molecule has 2 aromatic rings. The van der Waals surface area contributed by atoms with Crippen molar-refractivity contribution in [1.82, 2.24) is 9.47 Å². The summed E-state index contributed by atoms with van der Waals surface area (Å²) in [5, 5.41) is 0. The molecule has 3 heteroatoms. The van der Waals surface area contributed by atoms with Crippen molar-refractivity contribution in [3.8, 4) is 0 Å². The zero-order chi connectivity index (χ0) is 17.5. The maximum absolute atomic E-state index is 12.2. The lowest BCUT2D eigenvalue weighted by atomic mass is 9.78. The van der Waals surface area contributed by atoms with Gasteiger partial charge in [0.05, 0.1) is 0 Å². The molecule has 3 heterocycles. The highest BCUT2D eigenvalue weighted by molar-refractivity contribution is 5.20. The molecule has 136 valence electrons. The van der Waals surface area contributed by atoms with Crippen LogP contribution in [-0.2, 0) is 6.54 Å². The summed E-state index contributed by atoms with van der Waals surface area (Å²) in [5.74, 6) is 1.94. The van der Waals surface area contributed by atoms with Gasteiger partial charge in [-0.3, -0.25) is 9.69 Å². The fraction of sp³-hybridized carbons (Fsp3) is 0.522. The Morgan fingerprint density at radius 2 is 1.58 bits per heavy atom. The normalized spacial score (nSPS) is 31.4. The monoisotopic (exact) mass is 348 g/mol. The first-order valence-corrected chi connectivity index (χ1v) is 10.3. The van der Waals surface area contributed by atoms with Gasteiger partial charge in [0.1, 0.15) is 0 Å². The fourth-order valence-corrected chi connectivity index (χ4v) is 5.73. The zero-order valence-corrected chi connectivity index (χ0v) is 15.4. The summed E-state index contributed by atoms with van der Waals surface area (Å²) < 4.78 is 2.04. The molecule has 0 spiro atoms. The number of piperidine rings is 1. The molecule has 3 aliphatic rings. The molecule has 3 nitrogen and oxygen atoms in total. The van der Waals surface area contributed by atoms with Crippen LogP contribution in [0, 0.1) is 5.92 Å². The Hall–Kier alpha value is -1.87. The van der Waals surface area contributed by atoms with Gasteiger partial charge < -0.3 is 4.57 Å². The van der Waals surface area contributed by atoms with E-state index >= 15 is 0 Å². The second kappa shape index (κ2) is 6.70. The van der Waals surface area contributed by atoms with Crippen molar-refractivity contribution < 1.29 is 0 Å². The molecular formula is C23H28N2O. The molecule has 2 aliphatic heterocycles. The highest BCUT2D eigenvalue weighted by Gasteiger charge is 2.37. The van der Waals surface area contributed by atoms with Gasteiger partial charge in [0.15, 0.2) is 0 Å². The summed E-state index contributed by atoms with van der Waals surface area (Å²) in [7, 11) is 0. The third-order valence-corrected chi connectivity index (χ3v) is 6.99. The lowest BCUT2D eigenvalue weighted by molar-refractivity contribution is 0.0620. The first-order chi connectivity index (χ1) is 12.8. The minimum absolute atomic E-state index is 0.189. The third kappa shape index (κ3) is 2.92. The van der Waals surface area contributed by atoms with E-state index < -0.39 is 0 Å². The summed E-state index contributed by atoms with van der Waals surface area (Å²) in [5.41, 5.74) is 2.99. The molecule has 26 heavy (non-hydrogen) atoms. The van der Waals surface area contributed by atoms with Gasteiger partial charge in [-0.25, -0.2) is 0 Å². The first-order valence-electron chi connectivity index (χ1n) is 10.3. The number of aromatic nitrogens is 1. The molecule has 1 aliphatic carbocycles. The Kier molecular flexibility index (Phi) is 4.20. The Morgan fingerprint density at radius 1 is 0.769 bits per heavy atom. The van der Waals surface area contributed by atoms with Crippen molar-refractivity contribution in [2.45, 2.75) is 56.5 Å². The van der Waals surface area contributed by atoms with E-state index in [1.54, 1.807) is 6.07 Å². The number of hydrogen-bond donors (Lipinski definition) is 0. The average molecular weight is 348 g/mol. The molecule has 1 aromatic carbocycles. The molecule has 0 amide bonds. The van der Waals surface area contributed by atoms with E-state index in [-0.39, 0.29) is 5.56 Å². The van der Waals surface area contributed by atoms with Crippen LogP contribution in [0.25, 0.3) is 0 Å². The second-order valence-corrected chi connectivity index (χ2v) is 8.57. The average Bonchev–Trinajstić information content (AvgIpc) is 2.70. The molecule has 0 radical (unpaired) electrons. The quantitative estimate of drug-likeness (QED) is 0.820. The zero-order valence-electron chi connectivity index (χ0n) is 15.4. The smallest absolute Gasteiger partial charge is 0.250 e. The summed E-state index contributed by atoms with van der Waals surface area (Å²) >= 11 is 0. The van der Waals surface area contributed by atoms with Crippen LogP contribution >= 0.6 is 0 Å². The SMILES string of the molecule is O=c1cccc2n1C[C@H]1C[C@@H]2CN(C2CCC(c3ccccc3)CC2)C1. The predicted octanol–water partition coefficient (Wildman–Crippen LogP) is 3.99. The molecule has 2 fully saturated rings. The van der Waals surface area contributed by atoms with Gasteiger partial charge >= 0.3 is 0 Å². The second-order valence-electron chi connectivity index (χ2n) is 8.57. The Bertz CT molecular complexity index is 820. The molecule has 1 saturated heterocycles. The van der Waals surface area contributed by atoms with Crippen LogP contribution in [0.4, 0.5) is 0 Å². The summed E-state index contributed by atoms with van der Waals surface area (Å²) in [6.45, 7) is 3.24. The number of fused-ring (bicyclic) bond motifs is 4. The van der Waals surface area contributed by atoms with Gasteiger partial charge in [0.2, 0.25) is 0 Å². The van der Waals surface area contributed by atoms with Gasteiger partial charge in [-0.2, -0.15) is 0 Å². The number of pyridine rings is 1. The summed E-state index contributed by atoms with van der Waals surface area (Å²) in [6.07, 6.45) is 6.54. The predicted molar refractivity (Wildman–Crippen MR) is 105 cm³/mol. The molecule has 2 atom stereocenters. The van der Waals surface area contributed by atoms with E-state index in [1.165, 1.54) is 49.9 Å². The van der Waals surface area contributed by atoms with Crippen LogP contribution in [0.1, 0.15) is 55.2 Å². The molecular weight excluding hydrogens is 320 g/mol. The van der Waals surface area contributed by atoms with Gasteiger partial charge in [-0.1, -0.05) is 36.4 Å². The van der Waals surface area contributed by atoms with Crippen molar-refractivity contribution in [1.29, 1.82) is 0 Å². The van der Waals surface area contributed by atoms with Crippen LogP contribution in [0.5, 0.6) is 0 Å². The number of nitrogens with zero attached hydrogens (tertiary/aromatic N) is 2. The third-order valence-electron chi connectivity index (χ3n) is 6.99. The number of benzene rings is 1. The van der Waals surface area contributed by atoms with E-state index in [1.807, 2.05) is 10.6 Å². The molecule has 5 rings (SSSR count). The van der Waals surface area contributed by atoms with Crippen molar-refractivity contribution >= 4 is 0 Å². The van der Waals surface area contributed by atoms with E-state index in [2.05, 4.69) is 41.3 Å².